The van der Waals surface area contributed by atoms with E-state index < -0.39 is 29.8 Å². The van der Waals surface area contributed by atoms with Crippen LogP contribution in [0.3, 0.4) is 0 Å². The molecule has 1 N–H and O–H groups in total. The number of anilines is 1. The van der Waals surface area contributed by atoms with Crippen molar-refractivity contribution in [2.24, 2.45) is 0 Å². The first-order chi connectivity index (χ1) is 18.2. The second-order valence-electron chi connectivity index (χ2n) is 8.55. The van der Waals surface area contributed by atoms with Crippen LogP contribution in [-0.2, 0) is 9.59 Å². The molecule has 1 heterocycles. The lowest BCUT2D eigenvalue weighted by Gasteiger charge is -2.26. The number of Topliss-reactive ketones (excluding diaryl/α,β-unsaturated/α-hetero) is 1. The van der Waals surface area contributed by atoms with Crippen LogP contribution in [0, 0.1) is 0 Å². The fourth-order valence-electron chi connectivity index (χ4n) is 4.50. The van der Waals surface area contributed by atoms with Crippen LogP contribution in [0.2, 0.25) is 0 Å². The van der Waals surface area contributed by atoms with Gasteiger partial charge in [0.2, 0.25) is 0 Å². The van der Waals surface area contributed by atoms with Crippen molar-refractivity contribution in [2.75, 3.05) is 12.0 Å². The van der Waals surface area contributed by atoms with Crippen molar-refractivity contribution < 1.29 is 37.3 Å². The van der Waals surface area contributed by atoms with Crippen molar-refractivity contribution in [3.05, 3.63) is 108 Å². The third kappa shape index (κ3) is 4.66. The number of carbonyl (C=O) groups excluding carboxylic acids is 2. The van der Waals surface area contributed by atoms with Crippen molar-refractivity contribution in [3.8, 4) is 11.5 Å². The summed E-state index contributed by atoms with van der Waals surface area (Å²) >= 11 is 0. The highest BCUT2D eigenvalue weighted by Crippen LogP contribution is 2.43. The fourth-order valence-corrected chi connectivity index (χ4v) is 4.50. The summed E-state index contributed by atoms with van der Waals surface area (Å²) in [5.41, 5.74) is 0.836. The van der Waals surface area contributed by atoms with E-state index in [0.717, 1.165) is 27.8 Å². The van der Waals surface area contributed by atoms with E-state index in [9.17, 15) is 27.9 Å². The highest BCUT2D eigenvalue weighted by atomic mass is 19.4. The molecule has 9 heteroatoms. The third-order valence-corrected chi connectivity index (χ3v) is 6.25. The molecule has 1 atom stereocenters. The molecular weight excluding hydrogens is 499 g/mol. The Kier molecular flexibility index (Phi) is 6.28. The van der Waals surface area contributed by atoms with Crippen LogP contribution in [0.5, 0.6) is 11.5 Å². The molecule has 5 rings (SSSR count). The topological polar surface area (TPSA) is 76.1 Å². The number of nitrogens with zero attached hydrogens (tertiary/aromatic N) is 1. The number of rotatable bonds is 5. The van der Waals surface area contributed by atoms with Crippen LogP contribution in [0.1, 0.15) is 17.2 Å². The Morgan fingerprint density at radius 1 is 0.842 bits per heavy atom. The van der Waals surface area contributed by atoms with E-state index in [4.69, 9.17) is 4.74 Å². The van der Waals surface area contributed by atoms with E-state index in [2.05, 4.69) is 4.74 Å². The number of benzene rings is 4. The summed E-state index contributed by atoms with van der Waals surface area (Å²) in [4.78, 5) is 27.7. The first-order valence-electron chi connectivity index (χ1n) is 11.5. The fraction of sp³-hybridized carbons (Fsp3) is 0.103. The van der Waals surface area contributed by atoms with Gasteiger partial charge in [-0.25, -0.2) is 0 Å². The number of methoxy groups -OCH3 is 1. The molecule has 1 unspecified atom stereocenters. The van der Waals surface area contributed by atoms with Crippen molar-refractivity contribution in [1.82, 2.24) is 0 Å². The summed E-state index contributed by atoms with van der Waals surface area (Å²) in [5.74, 6) is -2.16. The lowest BCUT2D eigenvalue weighted by Crippen LogP contribution is -2.29. The molecule has 38 heavy (non-hydrogen) atoms. The van der Waals surface area contributed by atoms with Gasteiger partial charge in [0.1, 0.15) is 17.3 Å². The second kappa shape index (κ2) is 9.59. The van der Waals surface area contributed by atoms with Gasteiger partial charge in [0.05, 0.1) is 18.7 Å². The number of hydrogen-bond donors (Lipinski definition) is 1. The van der Waals surface area contributed by atoms with E-state index in [1.807, 2.05) is 24.3 Å². The van der Waals surface area contributed by atoms with E-state index in [1.54, 1.807) is 42.5 Å². The Balaban J connectivity index is 1.65. The Hall–Kier alpha value is -4.79. The molecule has 1 saturated heterocycles. The number of hydrogen-bond acceptors (Lipinski definition) is 5. The van der Waals surface area contributed by atoms with E-state index in [0.29, 0.717) is 16.9 Å². The van der Waals surface area contributed by atoms with Gasteiger partial charge in [0.25, 0.3) is 11.7 Å². The van der Waals surface area contributed by atoms with E-state index in [-0.39, 0.29) is 17.0 Å². The number of halogens is 3. The van der Waals surface area contributed by atoms with Crippen LogP contribution in [0.4, 0.5) is 18.9 Å². The minimum Gasteiger partial charge on any atom is -0.507 e. The normalized spacial score (nSPS) is 17.2. The predicted molar refractivity (Wildman–Crippen MR) is 135 cm³/mol. The molecule has 0 radical (unpaired) electrons. The van der Waals surface area contributed by atoms with Gasteiger partial charge in [-0.3, -0.25) is 14.5 Å². The summed E-state index contributed by atoms with van der Waals surface area (Å²) in [6, 6.07) is 22.8. The molecule has 1 fully saturated rings. The number of amides is 1. The molecule has 0 aromatic heterocycles. The SMILES string of the molecule is COc1ccc(C2/C(=C(/O)c3ccc4ccccc4c3)C(=O)C(=O)N2c2ccc(OC(F)(F)F)cc2)cc1. The summed E-state index contributed by atoms with van der Waals surface area (Å²) in [6.07, 6.45) is -4.88. The average Bonchev–Trinajstić information content (AvgIpc) is 3.17. The van der Waals surface area contributed by atoms with Crippen molar-refractivity contribution in [3.63, 3.8) is 0 Å². The second-order valence-corrected chi connectivity index (χ2v) is 8.55. The van der Waals surface area contributed by atoms with Crippen molar-refractivity contribution in [2.45, 2.75) is 12.4 Å². The standard InChI is InChI=1S/C29H20F3NO5/c1-37-22-12-8-18(9-13-22)25-24(26(34)20-7-6-17-4-2-3-5-19(17)16-20)27(35)28(36)33(25)21-10-14-23(15-11-21)38-29(30,31)32/h2-16,25,34H,1H3/b26-24-. The molecule has 0 aliphatic carbocycles. The number of aliphatic hydroxyl groups excluding tert-OH is 1. The number of fused-ring (bicyclic) bond motifs is 1. The number of aliphatic hydroxyl groups is 1. The van der Waals surface area contributed by atoms with Crippen LogP contribution < -0.4 is 14.4 Å². The molecule has 192 valence electrons. The van der Waals surface area contributed by atoms with Crippen molar-refractivity contribution in [1.29, 1.82) is 0 Å². The van der Waals surface area contributed by atoms with E-state index in [1.165, 1.54) is 19.2 Å². The molecule has 4 aromatic rings. The molecule has 0 bridgehead atoms. The maximum Gasteiger partial charge on any atom is 0.573 e. The van der Waals surface area contributed by atoms with Crippen LogP contribution in [0.25, 0.3) is 16.5 Å². The summed E-state index contributed by atoms with van der Waals surface area (Å²) in [7, 11) is 1.49. The van der Waals surface area contributed by atoms with Gasteiger partial charge in [-0.2, -0.15) is 0 Å². The smallest absolute Gasteiger partial charge is 0.507 e. The number of carbonyl (C=O) groups is 2. The highest BCUT2D eigenvalue weighted by Gasteiger charge is 2.47. The molecule has 4 aromatic carbocycles. The van der Waals surface area contributed by atoms with Gasteiger partial charge in [-0.05, 0) is 58.8 Å². The predicted octanol–water partition coefficient (Wildman–Crippen LogP) is 6.37. The summed E-state index contributed by atoms with van der Waals surface area (Å²) in [5, 5.41) is 13.1. The van der Waals surface area contributed by atoms with Gasteiger partial charge in [-0.15, -0.1) is 13.2 Å². The molecule has 0 spiro atoms. The van der Waals surface area contributed by atoms with E-state index >= 15 is 0 Å². The van der Waals surface area contributed by atoms with Gasteiger partial charge in [0.15, 0.2) is 0 Å². The number of alkyl halides is 3. The highest BCUT2D eigenvalue weighted by molar-refractivity contribution is 6.51. The third-order valence-electron chi connectivity index (χ3n) is 6.25. The first kappa shape index (κ1) is 24.9. The lowest BCUT2D eigenvalue weighted by molar-refractivity contribution is -0.274. The minimum absolute atomic E-state index is 0.147. The monoisotopic (exact) mass is 519 g/mol. The minimum atomic E-state index is -4.88. The summed E-state index contributed by atoms with van der Waals surface area (Å²) in [6.45, 7) is 0. The zero-order chi connectivity index (χ0) is 27.0. The zero-order valence-corrected chi connectivity index (χ0v) is 19.9. The summed E-state index contributed by atoms with van der Waals surface area (Å²) < 4.78 is 47.0. The van der Waals surface area contributed by atoms with Gasteiger partial charge < -0.3 is 14.6 Å². The first-order valence-corrected chi connectivity index (χ1v) is 11.5. The average molecular weight is 519 g/mol. The molecule has 1 amide bonds. The van der Waals surface area contributed by atoms with Crippen LogP contribution >= 0.6 is 0 Å². The molecule has 6 nitrogen and oxygen atoms in total. The van der Waals surface area contributed by atoms with Crippen LogP contribution in [0.15, 0.2) is 96.6 Å². The zero-order valence-electron chi connectivity index (χ0n) is 19.9. The Morgan fingerprint density at radius 3 is 2.11 bits per heavy atom. The molecule has 1 aliphatic rings. The Labute approximate surface area is 215 Å². The molecule has 0 saturated carbocycles. The lowest BCUT2D eigenvalue weighted by atomic mass is 9.94. The maximum atomic E-state index is 13.3. The van der Waals surface area contributed by atoms with Gasteiger partial charge in [0, 0.05) is 11.3 Å². The number of ketones is 1. The Bertz CT molecular complexity index is 1560. The maximum absolute atomic E-state index is 13.3. The quantitative estimate of drug-likeness (QED) is 0.188. The van der Waals surface area contributed by atoms with Gasteiger partial charge in [-0.1, -0.05) is 48.5 Å². The molecular formula is C29H20F3NO5. The number of ether oxygens (including phenoxy) is 2. The largest absolute Gasteiger partial charge is 0.573 e. The van der Waals surface area contributed by atoms with Crippen LogP contribution in [-0.4, -0.2) is 30.3 Å². The van der Waals surface area contributed by atoms with Crippen molar-refractivity contribution >= 4 is 33.9 Å². The molecule has 1 aliphatic heterocycles. The van der Waals surface area contributed by atoms with Gasteiger partial charge >= 0.3 is 6.36 Å². The Morgan fingerprint density at radius 2 is 1.47 bits per heavy atom.